The zero-order chi connectivity index (χ0) is 14.4. The summed E-state index contributed by atoms with van der Waals surface area (Å²) in [4.78, 5) is 10.1. The highest BCUT2D eigenvalue weighted by atomic mass is 35.5. The van der Waals surface area contributed by atoms with E-state index in [9.17, 15) is 10.1 Å². The molecule has 1 heterocycles. The largest absolute Gasteiger partial charge is 0.378 e. The lowest BCUT2D eigenvalue weighted by Crippen LogP contribution is -2.83. The summed E-state index contributed by atoms with van der Waals surface area (Å²) < 4.78 is 0. The van der Waals surface area contributed by atoms with E-state index >= 15 is 0 Å². The minimum Gasteiger partial charge on any atom is -0.378 e. The molecule has 106 valence electrons. The monoisotopic (exact) mass is 312 g/mol. The smallest absolute Gasteiger partial charge is 0.271 e. The lowest BCUT2D eigenvalue weighted by atomic mass is 10.3. The van der Waals surface area contributed by atoms with Crippen LogP contribution in [0.5, 0.6) is 0 Å². The maximum Gasteiger partial charge on any atom is 0.271 e. The number of nitrogens with one attached hydrogen (secondary N) is 1. The number of benzene rings is 1. The number of hydrogen-bond acceptors (Lipinski definition) is 4. The van der Waals surface area contributed by atoms with Crippen LogP contribution in [0.25, 0.3) is 0 Å². The first-order valence-electron chi connectivity index (χ1n) is 6.17. The molecule has 0 amide bonds. The van der Waals surface area contributed by atoms with Gasteiger partial charge in [-0.1, -0.05) is 11.6 Å². The molecular formula is C13H15ClN3O2S+. The van der Waals surface area contributed by atoms with E-state index in [4.69, 9.17) is 11.6 Å². The summed E-state index contributed by atoms with van der Waals surface area (Å²) in [5.41, 5.74) is 2.05. The molecule has 0 fully saturated rings. The Labute approximate surface area is 125 Å². The van der Waals surface area contributed by atoms with E-state index in [0.717, 1.165) is 25.3 Å². The van der Waals surface area contributed by atoms with Gasteiger partial charge in [0.1, 0.15) is 6.54 Å². The van der Waals surface area contributed by atoms with Crippen LogP contribution in [-0.2, 0) is 6.54 Å². The van der Waals surface area contributed by atoms with E-state index in [1.807, 2.05) is 0 Å². The summed E-state index contributed by atoms with van der Waals surface area (Å²) in [7, 11) is 0. The van der Waals surface area contributed by atoms with Crippen LogP contribution in [0.1, 0.15) is 5.56 Å². The quantitative estimate of drug-likeness (QED) is 0.469. The molecule has 3 N–H and O–H groups in total. The van der Waals surface area contributed by atoms with Crippen LogP contribution in [0.2, 0.25) is 5.02 Å². The number of non-ortho nitro benzene ring substituents is 1. The zero-order valence-corrected chi connectivity index (χ0v) is 12.3. The van der Waals surface area contributed by atoms with E-state index in [1.165, 1.54) is 17.7 Å². The Morgan fingerprint density at radius 2 is 2.25 bits per heavy atom. The third kappa shape index (κ3) is 4.19. The average Bonchev–Trinajstić information content (AvgIpc) is 2.93. The second kappa shape index (κ2) is 7.23. The molecule has 0 unspecified atom stereocenters. The molecule has 0 spiro atoms. The van der Waals surface area contributed by atoms with E-state index in [-0.39, 0.29) is 5.69 Å². The Morgan fingerprint density at radius 1 is 1.40 bits per heavy atom. The van der Waals surface area contributed by atoms with Gasteiger partial charge in [-0.2, -0.15) is 11.3 Å². The standard InChI is InChI=1S/C13H14ClN3O2S/c14-12-7-11(17(18)19)1-2-13(12)16-5-4-15-8-10-3-6-20-9-10/h1-3,6-7,9,15-16H,4-5,8H2/p+1. The predicted molar refractivity (Wildman–Crippen MR) is 81.4 cm³/mol. The summed E-state index contributed by atoms with van der Waals surface area (Å²) in [5.74, 6) is 0. The molecule has 0 atom stereocenters. The third-order valence-electron chi connectivity index (χ3n) is 2.79. The lowest BCUT2D eigenvalue weighted by Gasteiger charge is -2.07. The summed E-state index contributed by atoms with van der Waals surface area (Å²) in [6.07, 6.45) is 0. The SMILES string of the molecule is O=[N+]([O-])c1ccc(NCC[NH2+]Cc2ccsc2)c(Cl)c1. The van der Waals surface area contributed by atoms with Gasteiger partial charge in [0.25, 0.3) is 5.69 Å². The fourth-order valence-electron chi connectivity index (χ4n) is 1.75. The van der Waals surface area contributed by atoms with E-state index in [0.29, 0.717) is 5.02 Å². The van der Waals surface area contributed by atoms with Crippen LogP contribution < -0.4 is 10.6 Å². The summed E-state index contributed by atoms with van der Waals surface area (Å²) in [5, 5.41) is 20.6. The van der Waals surface area contributed by atoms with Crippen molar-refractivity contribution in [3.8, 4) is 0 Å². The van der Waals surface area contributed by atoms with E-state index in [2.05, 4.69) is 27.5 Å². The van der Waals surface area contributed by atoms with Crippen molar-refractivity contribution >= 4 is 34.3 Å². The van der Waals surface area contributed by atoms with Crippen molar-refractivity contribution in [3.63, 3.8) is 0 Å². The first-order valence-corrected chi connectivity index (χ1v) is 7.49. The highest BCUT2D eigenvalue weighted by molar-refractivity contribution is 7.07. The van der Waals surface area contributed by atoms with Crippen LogP contribution in [-0.4, -0.2) is 18.0 Å². The minimum atomic E-state index is -0.454. The molecule has 2 aromatic rings. The number of halogens is 1. The van der Waals surface area contributed by atoms with Crippen molar-refractivity contribution in [3.05, 3.63) is 55.7 Å². The molecule has 0 radical (unpaired) electrons. The van der Waals surface area contributed by atoms with Gasteiger partial charge in [-0.25, -0.2) is 0 Å². The Hall–Kier alpha value is -1.63. The van der Waals surface area contributed by atoms with Gasteiger partial charge in [0.05, 0.1) is 28.7 Å². The molecule has 2 rings (SSSR count). The van der Waals surface area contributed by atoms with E-state index < -0.39 is 4.92 Å². The Balaban J connectivity index is 1.75. The van der Waals surface area contributed by atoms with Gasteiger partial charge in [-0.05, 0) is 22.9 Å². The molecule has 7 heteroatoms. The predicted octanol–water partition coefficient (Wildman–Crippen LogP) is 2.49. The molecule has 0 saturated heterocycles. The number of nitro benzene ring substituents is 1. The Morgan fingerprint density at radius 3 is 2.90 bits per heavy atom. The number of nitrogens with zero attached hydrogens (tertiary/aromatic N) is 1. The van der Waals surface area contributed by atoms with Crippen molar-refractivity contribution in [2.24, 2.45) is 0 Å². The molecule has 0 saturated carbocycles. The number of hydrogen-bond donors (Lipinski definition) is 2. The first-order chi connectivity index (χ1) is 9.66. The average molecular weight is 313 g/mol. The van der Waals surface area contributed by atoms with E-state index in [1.54, 1.807) is 17.4 Å². The second-order valence-electron chi connectivity index (χ2n) is 4.26. The van der Waals surface area contributed by atoms with Gasteiger partial charge in [0.15, 0.2) is 0 Å². The Kier molecular flexibility index (Phi) is 5.34. The van der Waals surface area contributed by atoms with Crippen LogP contribution in [0.15, 0.2) is 35.0 Å². The van der Waals surface area contributed by atoms with Crippen LogP contribution in [0.4, 0.5) is 11.4 Å². The number of anilines is 1. The number of nitrogens with two attached hydrogens (primary N) is 1. The number of thiophene rings is 1. The molecule has 5 nitrogen and oxygen atoms in total. The lowest BCUT2D eigenvalue weighted by molar-refractivity contribution is -0.667. The van der Waals surface area contributed by atoms with Gasteiger partial charge in [-0.15, -0.1) is 0 Å². The molecule has 0 aliphatic rings. The highest BCUT2D eigenvalue weighted by Crippen LogP contribution is 2.26. The van der Waals surface area contributed by atoms with Crippen molar-refractivity contribution < 1.29 is 10.2 Å². The molecule has 1 aromatic heterocycles. The molecule has 0 aliphatic carbocycles. The van der Waals surface area contributed by atoms with Gasteiger partial charge in [-0.3, -0.25) is 10.1 Å². The molecular weight excluding hydrogens is 298 g/mol. The van der Waals surface area contributed by atoms with Gasteiger partial charge in [0, 0.05) is 17.7 Å². The summed E-state index contributed by atoms with van der Waals surface area (Å²) in [6, 6.07) is 6.56. The molecule has 1 aromatic carbocycles. The van der Waals surface area contributed by atoms with Gasteiger partial charge < -0.3 is 10.6 Å². The first kappa shape index (κ1) is 14.8. The van der Waals surface area contributed by atoms with Crippen molar-refractivity contribution in [1.29, 1.82) is 0 Å². The van der Waals surface area contributed by atoms with Crippen molar-refractivity contribution in [2.45, 2.75) is 6.54 Å². The minimum absolute atomic E-state index is 0.00423. The number of nitro groups is 1. The third-order valence-corrected chi connectivity index (χ3v) is 3.83. The number of rotatable bonds is 7. The summed E-state index contributed by atoms with van der Waals surface area (Å²) in [6.45, 7) is 2.62. The topological polar surface area (TPSA) is 71.8 Å². The normalized spacial score (nSPS) is 10.4. The fraction of sp³-hybridized carbons (Fsp3) is 0.231. The molecule has 0 aliphatic heterocycles. The van der Waals surface area contributed by atoms with Crippen LogP contribution >= 0.6 is 22.9 Å². The maximum absolute atomic E-state index is 10.6. The van der Waals surface area contributed by atoms with Crippen molar-refractivity contribution in [1.82, 2.24) is 0 Å². The Bertz CT molecular complexity index is 575. The highest BCUT2D eigenvalue weighted by Gasteiger charge is 2.08. The molecule has 20 heavy (non-hydrogen) atoms. The van der Waals surface area contributed by atoms with Crippen molar-refractivity contribution in [2.75, 3.05) is 18.4 Å². The second-order valence-corrected chi connectivity index (χ2v) is 5.45. The fourth-order valence-corrected chi connectivity index (χ4v) is 2.67. The van der Waals surface area contributed by atoms with Gasteiger partial charge in [0.2, 0.25) is 0 Å². The van der Waals surface area contributed by atoms with Crippen LogP contribution in [0, 0.1) is 10.1 Å². The molecule has 0 bridgehead atoms. The van der Waals surface area contributed by atoms with Gasteiger partial charge >= 0.3 is 0 Å². The zero-order valence-electron chi connectivity index (χ0n) is 10.7. The summed E-state index contributed by atoms with van der Waals surface area (Å²) >= 11 is 7.69. The number of quaternary nitrogens is 1. The maximum atomic E-state index is 10.6. The van der Waals surface area contributed by atoms with Crippen LogP contribution in [0.3, 0.4) is 0 Å².